The first-order valence-electron chi connectivity index (χ1n) is 9.03. The van der Waals surface area contributed by atoms with Crippen molar-refractivity contribution in [3.8, 4) is 5.75 Å². The number of ether oxygens (including phenoxy) is 1. The normalized spacial score (nSPS) is 25.7. The molecule has 4 atom stereocenters. The number of alkyl halides is 1. The van der Waals surface area contributed by atoms with Crippen LogP contribution in [0.15, 0.2) is 36.4 Å². The van der Waals surface area contributed by atoms with Gasteiger partial charge in [-0.15, -0.1) is 11.6 Å². The number of aliphatic hydroxyl groups is 2. The molecule has 1 aromatic carbocycles. The predicted molar refractivity (Wildman–Crippen MR) is 100 cm³/mol. The van der Waals surface area contributed by atoms with Gasteiger partial charge in [0.1, 0.15) is 5.75 Å². The van der Waals surface area contributed by atoms with E-state index in [1.807, 2.05) is 36.4 Å². The van der Waals surface area contributed by atoms with E-state index in [-0.39, 0.29) is 30.2 Å². The summed E-state index contributed by atoms with van der Waals surface area (Å²) in [7, 11) is 0. The van der Waals surface area contributed by atoms with Crippen LogP contribution in [0.25, 0.3) is 0 Å². The number of para-hydroxylation sites is 1. The minimum atomic E-state index is -0.779. The molecule has 0 amide bonds. The number of aliphatic hydroxyl groups excluding tert-OH is 2. The first-order valence-corrected chi connectivity index (χ1v) is 9.47. The largest absolute Gasteiger partial charge is 0.493 e. The lowest BCUT2D eigenvalue weighted by Gasteiger charge is -2.23. The minimum absolute atomic E-state index is 0.0760. The SMILES string of the molecule is O=C(O)CCC/C=C\C[C@@H]1[C@@H](COc2ccccc2CO)[C@H](O)C[C@@H]1Cl. The van der Waals surface area contributed by atoms with Crippen LogP contribution < -0.4 is 4.74 Å². The number of benzene rings is 1. The van der Waals surface area contributed by atoms with Crippen LogP contribution >= 0.6 is 11.6 Å². The summed E-state index contributed by atoms with van der Waals surface area (Å²) in [4.78, 5) is 10.5. The summed E-state index contributed by atoms with van der Waals surface area (Å²) in [6, 6.07) is 7.31. The zero-order valence-corrected chi connectivity index (χ0v) is 15.5. The molecule has 0 heterocycles. The molecule has 5 nitrogen and oxygen atoms in total. The molecule has 1 saturated carbocycles. The average Bonchev–Trinajstić information content (AvgIpc) is 2.89. The van der Waals surface area contributed by atoms with E-state index < -0.39 is 12.1 Å². The third-order valence-corrected chi connectivity index (χ3v) is 5.39. The van der Waals surface area contributed by atoms with Gasteiger partial charge < -0.3 is 20.1 Å². The number of hydrogen-bond donors (Lipinski definition) is 3. The number of carbonyl (C=O) groups is 1. The molecule has 3 N–H and O–H groups in total. The maximum atomic E-state index is 10.5. The first kappa shape index (κ1) is 20.7. The van der Waals surface area contributed by atoms with Crippen molar-refractivity contribution in [3.63, 3.8) is 0 Å². The zero-order valence-electron chi connectivity index (χ0n) is 14.8. The summed E-state index contributed by atoms with van der Waals surface area (Å²) in [6.07, 6.45) is 6.27. The Morgan fingerprint density at radius 3 is 2.77 bits per heavy atom. The van der Waals surface area contributed by atoms with Crippen molar-refractivity contribution in [2.75, 3.05) is 6.61 Å². The summed E-state index contributed by atoms with van der Waals surface area (Å²) in [5.41, 5.74) is 0.720. The summed E-state index contributed by atoms with van der Waals surface area (Å²) >= 11 is 6.42. The van der Waals surface area contributed by atoms with Crippen LogP contribution in [0.2, 0.25) is 0 Å². The number of carboxylic acid groups (broad SMARTS) is 1. The van der Waals surface area contributed by atoms with Crippen LogP contribution in [-0.2, 0) is 11.4 Å². The van der Waals surface area contributed by atoms with E-state index in [0.29, 0.717) is 25.2 Å². The quantitative estimate of drug-likeness (QED) is 0.328. The third-order valence-electron chi connectivity index (χ3n) is 4.89. The molecule has 0 radical (unpaired) electrons. The van der Waals surface area contributed by atoms with Crippen molar-refractivity contribution in [1.82, 2.24) is 0 Å². The van der Waals surface area contributed by atoms with Gasteiger partial charge in [0.2, 0.25) is 0 Å². The second-order valence-corrected chi connectivity index (χ2v) is 7.28. The van der Waals surface area contributed by atoms with E-state index in [1.165, 1.54) is 0 Å². The molecule has 1 aliphatic rings. The van der Waals surface area contributed by atoms with Crippen molar-refractivity contribution in [2.24, 2.45) is 11.8 Å². The predicted octanol–water partition coefficient (Wildman–Crippen LogP) is 3.36. The molecule has 0 saturated heterocycles. The van der Waals surface area contributed by atoms with Gasteiger partial charge in [-0.2, -0.15) is 0 Å². The van der Waals surface area contributed by atoms with Crippen molar-refractivity contribution in [2.45, 2.75) is 50.2 Å². The van der Waals surface area contributed by atoms with Crippen molar-refractivity contribution in [1.29, 1.82) is 0 Å². The Kier molecular flexibility index (Phi) is 8.42. The van der Waals surface area contributed by atoms with Crippen LogP contribution in [-0.4, -0.2) is 39.4 Å². The number of rotatable bonds is 10. The summed E-state index contributed by atoms with van der Waals surface area (Å²) in [6.45, 7) is 0.253. The number of allylic oxidation sites excluding steroid dienone is 2. The smallest absolute Gasteiger partial charge is 0.303 e. The van der Waals surface area contributed by atoms with E-state index in [9.17, 15) is 15.0 Å². The van der Waals surface area contributed by atoms with Gasteiger partial charge in [-0.1, -0.05) is 30.4 Å². The van der Waals surface area contributed by atoms with E-state index in [4.69, 9.17) is 21.4 Å². The highest BCUT2D eigenvalue weighted by molar-refractivity contribution is 6.21. The van der Waals surface area contributed by atoms with Gasteiger partial charge in [0.05, 0.1) is 19.3 Å². The number of unbranched alkanes of at least 4 members (excludes halogenated alkanes) is 1. The molecule has 0 bridgehead atoms. The van der Waals surface area contributed by atoms with Gasteiger partial charge in [0, 0.05) is 23.3 Å². The van der Waals surface area contributed by atoms with E-state index >= 15 is 0 Å². The van der Waals surface area contributed by atoms with E-state index in [1.54, 1.807) is 0 Å². The monoisotopic (exact) mass is 382 g/mol. The highest BCUT2D eigenvalue weighted by Gasteiger charge is 2.41. The first-order chi connectivity index (χ1) is 12.5. The Morgan fingerprint density at radius 1 is 1.27 bits per heavy atom. The van der Waals surface area contributed by atoms with Crippen LogP contribution in [0, 0.1) is 11.8 Å². The van der Waals surface area contributed by atoms with Gasteiger partial charge in [0.15, 0.2) is 0 Å². The van der Waals surface area contributed by atoms with Gasteiger partial charge in [-0.05, 0) is 37.7 Å². The molecule has 0 spiro atoms. The molecule has 1 aromatic rings. The highest BCUT2D eigenvalue weighted by Crippen LogP contribution is 2.39. The number of halogens is 1. The number of hydrogen-bond acceptors (Lipinski definition) is 4. The fourth-order valence-electron chi connectivity index (χ4n) is 3.39. The molecule has 0 aromatic heterocycles. The van der Waals surface area contributed by atoms with Crippen molar-refractivity contribution in [3.05, 3.63) is 42.0 Å². The molecule has 0 aliphatic heterocycles. The molecule has 1 fully saturated rings. The standard InChI is InChI=1S/C20H27ClO5/c21-17-11-18(23)16(13-26-19-9-6-5-7-14(19)12-22)15(17)8-3-1-2-4-10-20(24)25/h1,3,5-7,9,15-18,22-23H,2,4,8,10-13H2,(H,24,25)/b3-1-/t15-,16-,17+,18-/m1/s1. The summed E-state index contributed by atoms with van der Waals surface area (Å²) < 4.78 is 5.86. The Hall–Kier alpha value is -1.56. The molecule has 144 valence electrons. The van der Waals surface area contributed by atoms with E-state index in [2.05, 4.69) is 0 Å². The van der Waals surface area contributed by atoms with Crippen LogP contribution in [0.3, 0.4) is 0 Å². The van der Waals surface area contributed by atoms with Gasteiger partial charge in [-0.3, -0.25) is 4.79 Å². The fourth-order valence-corrected chi connectivity index (χ4v) is 3.87. The van der Waals surface area contributed by atoms with Gasteiger partial charge in [-0.25, -0.2) is 0 Å². The van der Waals surface area contributed by atoms with Crippen molar-refractivity contribution < 1.29 is 24.9 Å². The molecular weight excluding hydrogens is 356 g/mol. The Balaban J connectivity index is 1.88. The topological polar surface area (TPSA) is 87.0 Å². The lowest BCUT2D eigenvalue weighted by atomic mass is 9.92. The van der Waals surface area contributed by atoms with Crippen LogP contribution in [0.5, 0.6) is 5.75 Å². The zero-order chi connectivity index (χ0) is 18.9. The summed E-state index contributed by atoms with van der Waals surface area (Å²) in [5, 5.41) is 28.2. The van der Waals surface area contributed by atoms with E-state index in [0.717, 1.165) is 18.4 Å². The third kappa shape index (κ3) is 6.01. The molecule has 6 heteroatoms. The maximum Gasteiger partial charge on any atom is 0.303 e. The van der Waals surface area contributed by atoms with Crippen LogP contribution in [0.4, 0.5) is 0 Å². The van der Waals surface area contributed by atoms with Crippen molar-refractivity contribution >= 4 is 17.6 Å². The number of carboxylic acids is 1. The van der Waals surface area contributed by atoms with Gasteiger partial charge >= 0.3 is 5.97 Å². The molecule has 26 heavy (non-hydrogen) atoms. The summed E-state index contributed by atoms with van der Waals surface area (Å²) in [5.74, 6) is -0.127. The lowest BCUT2D eigenvalue weighted by Crippen LogP contribution is -2.27. The Bertz CT molecular complexity index is 604. The van der Waals surface area contributed by atoms with Crippen LogP contribution in [0.1, 0.15) is 37.7 Å². The maximum absolute atomic E-state index is 10.5. The second-order valence-electron chi connectivity index (χ2n) is 6.72. The molecule has 2 rings (SSSR count). The second kappa shape index (κ2) is 10.6. The molecule has 1 aliphatic carbocycles. The van der Waals surface area contributed by atoms with Gasteiger partial charge in [0.25, 0.3) is 0 Å². The fraction of sp³-hybridized carbons (Fsp3) is 0.550. The Morgan fingerprint density at radius 2 is 2.04 bits per heavy atom. The highest BCUT2D eigenvalue weighted by atomic mass is 35.5. The lowest BCUT2D eigenvalue weighted by molar-refractivity contribution is -0.137. The minimum Gasteiger partial charge on any atom is -0.493 e. The average molecular weight is 383 g/mol. The molecule has 0 unspecified atom stereocenters. The number of aliphatic carboxylic acids is 1. The Labute approximate surface area is 159 Å². The molecular formula is C20H27ClO5.